The Balaban J connectivity index is 1.34. The molecule has 19 heteroatoms. The maximum absolute atomic E-state index is 14.7. The first-order valence-electron chi connectivity index (χ1n) is 19.0. The largest absolute Gasteiger partial charge is 0.488 e. The van der Waals surface area contributed by atoms with Gasteiger partial charge in [-0.1, -0.05) is 26.0 Å². The van der Waals surface area contributed by atoms with Crippen molar-refractivity contribution in [1.29, 1.82) is 0 Å². The Hall–Kier alpha value is -4.68. The van der Waals surface area contributed by atoms with Gasteiger partial charge in [0.2, 0.25) is 33.3 Å². The first kappa shape index (κ1) is 41.9. The number of carbonyl (C=O) groups is 4. The van der Waals surface area contributed by atoms with Gasteiger partial charge in [-0.05, 0) is 83.3 Å². The number of nitrogens with zero attached hydrogens (tertiary/aromatic N) is 3. The van der Waals surface area contributed by atoms with Crippen molar-refractivity contribution >= 4 is 44.9 Å². The molecule has 1 saturated heterocycles. The highest BCUT2D eigenvalue weighted by atomic mass is 32.2. The SMILES string of the molecule is COc1cnc2ccc(OC3CC4C(=O)NC5(C(=O)NS(=O)(=O)C6(C)CC6)CC5C=CCCC(C)CC(C)C(NC(=O)OC(C)(C)C(F)(F)F)C(=O)N4C3)cc2n1. The quantitative estimate of drug-likeness (QED) is 0.321. The first-order chi connectivity index (χ1) is 26.6. The number of hydrogen-bond acceptors (Lipinski definition) is 11. The van der Waals surface area contributed by atoms with Gasteiger partial charge in [0, 0.05) is 18.4 Å². The Bertz CT molecular complexity index is 2060. The first-order valence-corrected chi connectivity index (χ1v) is 20.5. The van der Waals surface area contributed by atoms with E-state index in [4.69, 9.17) is 14.2 Å². The number of benzene rings is 1. The van der Waals surface area contributed by atoms with Crippen LogP contribution >= 0.6 is 0 Å². The molecule has 0 bridgehead atoms. The predicted molar refractivity (Wildman–Crippen MR) is 199 cm³/mol. The molecule has 312 valence electrons. The van der Waals surface area contributed by atoms with Crippen molar-refractivity contribution < 1.29 is 55.0 Å². The van der Waals surface area contributed by atoms with Crippen LogP contribution in [-0.2, 0) is 29.1 Å². The fraction of sp³-hybridized carbons (Fsp3) is 0.632. The molecule has 1 aromatic heterocycles. The van der Waals surface area contributed by atoms with Gasteiger partial charge < -0.3 is 29.7 Å². The van der Waals surface area contributed by atoms with Crippen LogP contribution in [0.25, 0.3) is 11.0 Å². The number of hydrogen-bond donors (Lipinski definition) is 3. The summed E-state index contributed by atoms with van der Waals surface area (Å²) in [5.41, 5.74) is -3.54. The molecule has 3 heterocycles. The van der Waals surface area contributed by atoms with E-state index in [0.29, 0.717) is 62.7 Å². The van der Waals surface area contributed by atoms with Gasteiger partial charge in [-0.15, -0.1) is 0 Å². The molecule has 3 N–H and O–H groups in total. The van der Waals surface area contributed by atoms with Crippen LogP contribution in [0.1, 0.15) is 79.6 Å². The minimum absolute atomic E-state index is 0.0361. The van der Waals surface area contributed by atoms with Gasteiger partial charge in [-0.2, -0.15) is 13.2 Å². The second-order valence-corrected chi connectivity index (χ2v) is 18.7. The van der Waals surface area contributed by atoms with Crippen LogP contribution in [-0.4, -0.2) is 101 Å². The lowest BCUT2D eigenvalue weighted by Crippen LogP contribution is -2.59. The summed E-state index contributed by atoms with van der Waals surface area (Å²) in [5, 5.41) is 5.16. The van der Waals surface area contributed by atoms with Gasteiger partial charge in [0.1, 0.15) is 29.5 Å². The third kappa shape index (κ3) is 8.77. The average Bonchev–Trinajstić information content (AvgIpc) is 4.01. The summed E-state index contributed by atoms with van der Waals surface area (Å²) >= 11 is 0. The predicted octanol–water partition coefficient (Wildman–Crippen LogP) is 4.31. The highest BCUT2D eigenvalue weighted by Crippen LogP contribution is 2.47. The zero-order valence-electron chi connectivity index (χ0n) is 32.6. The van der Waals surface area contributed by atoms with Crippen molar-refractivity contribution in [2.24, 2.45) is 17.8 Å². The van der Waals surface area contributed by atoms with E-state index < -0.39 is 85.9 Å². The molecule has 0 radical (unpaired) electrons. The van der Waals surface area contributed by atoms with E-state index in [1.807, 2.05) is 13.0 Å². The molecular formula is C38H49F3N6O9S. The van der Waals surface area contributed by atoms with Crippen LogP contribution < -0.4 is 24.8 Å². The summed E-state index contributed by atoms with van der Waals surface area (Å²) in [5.74, 6) is -3.08. The Morgan fingerprint density at radius 2 is 1.81 bits per heavy atom. The van der Waals surface area contributed by atoms with E-state index in [1.54, 1.807) is 31.2 Å². The van der Waals surface area contributed by atoms with Gasteiger partial charge in [-0.25, -0.2) is 23.2 Å². The molecule has 4 amide bonds. The topological polar surface area (TPSA) is 195 Å². The Kier molecular flexibility index (Phi) is 11.2. The molecule has 7 unspecified atom stereocenters. The van der Waals surface area contributed by atoms with E-state index in [-0.39, 0.29) is 31.2 Å². The lowest BCUT2D eigenvalue weighted by atomic mass is 9.88. The minimum atomic E-state index is -4.91. The van der Waals surface area contributed by atoms with Crippen molar-refractivity contribution in [1.82, 2.24) is 30.2 Å². The molecule has 2 saturated carbocycles. The van der Waals surface area contributed by atoms with E-state index in [2.05, 4.69) is 25.3 Å². The van der Waals surface area contributed by atoms with Crippen LogP contribution in [0.4, 0.5) is 18.0 Å². The standard InChI is InChI=1S/C38H49F3N6O9S/c1-21-9-7-8-10-23-18-37(23,33(50)46-57(52,53)36(5)13-14-36)45-31(48)28-17-25(55-24-11-12-26-27(16-24)43-29(54-6)19-42-26)20-47(28)32(49)30(22(2)15-21)44-34(51)56-35(3,4)38(39,40)41/h8,10-12,16,19,21-23,25,28,30H,7,9,13-15,17-18,20H2,1-6H3,(H,44,51)(H,45,48)(H,46,50). The third-order valence-corrected chi connectivity index (χ3v) is 13.7. The fourth-order valence-corrected chi connectivity index (χ4v) is 8.69. The Morgan fingerprint density at radius 1 is 1.09 bits per heavy atom. The number of methoxy groups -OCH3 is 1. The molecular weight excluding hydrogens is 774 g/mol. The number of alkyl carbamates (subject to hydrolysis) is 1. The number of rotatable bonds is 8. The van der Waals surface area contributed by atoms with Gasteiger partial charge in [0.05, 0.1) is 35.6 Å². The number of ether oxygens (including phenoxy) is 3. The third-order valence-electron chi connectivity index (χ3n) is 11.6. The zero-order valence-corrected chi connectivity index (χ0v) is 33.5. The Morgan fingerprint density at radius 3 is 2.47 bits per heavy atom. The summed E-state index contributed by atoms with van der Waals surface area (Å²) in [7, 11) is -2.63. The summed E-state index contributed by atoms with van der Waals surface area (Å²) in [6.07, 6.45) is 0.160. The Labute approximate surface area is 328 Å². The maximum Gasteiger partial charge on any atom is 0.427 e. The second-order valence-electron chi connectivity index (χ2n) is 16.5. The number of fused-ring (bicyclic) bond motifs is 3. The van der Waals surface area contributed by atoms with Crippen LogP contribution in [0.5, 0.6) is 11.6 Å². The molecule has 7 atom stereocenters. The summed E-state index contributed by atoms with van der Waals surface area (Å²) in [4.78, 5) is 65.9. The summed E-state index contributed by atoms with van der Waals surface area (Å²) < 4.78 is 84.8. The van der Waals surface area contributed by atoms with Gasteiger partial charge in [0.25, 0.3) is 5.91 Å². The molecule has 3 fully saturated rings. The molecule has 57 heavy (non-hydrogen) atoms. The molecule has 2 aliphatic carbocycles. The second kappa shape index (κ2) is 15.2. The van der Waals surface area contributed by atoms with Crippen LogP contribution in [0, 0.1) is 17.8 Å². The van der Waals surface area contributed by atoms with E-state index in [1.165, 1.54) is 25.1 Å². The van der Waals surface area contributed by atoms with Crippen molar-refractivity contribution in [2.75, 3.05) is 13.7 Å². The van der Waals surface area contributed by atoms with Crippen LogP contribution in [0.15, 0.2) is 36.5 Å². The molecule has 15 nitrogen and oxygen atoms in total. The monoisotopic (exact) mass is 822 g/mol. The molecule has 6 rings (SSSR count). The minimum Gasteiger partial charge on any atom is -0.488 e. The number of allylic oxidation sites excluding steroid dienone is 1. The van der Waals surface area contributed by atoms with Gasteiger partial charge >= 0.3 is 12.3 Å². The van der Waals surface area contributed by atoms with Crippen molar-refractivity contribution in [3.05, 3.63) is 36.5 Å². The van der Waals surface area contributed by atoms with Gasteiger partial charge in [-0.3, -0.25) is 19.1 Å². The number of aromatic nitrogens is 2. The number of halogens is 3. The molecule has 0 spiro atoms. The van der Waals surface area contributed by atoms with Crippen molar-refractivity contribution in [3.63, 3.8) is 0 Å². The number of alkyl halides is 3. The van der Waals surface area contributed by atoms with Crippen LogP contribution in [0.3, 0.4) is 0 Å². The zero-order chi connectivity index (χ0) is 41.7. The van der Waals surface area contributed by atoms with Crippen molar-refractivity contribution in [3.8, 4) is 11.6 Å². The molecule has 2 aromatic rings. The maximum atomic E-state index is 14.7. The molecule has 2 aliphatic heterocycles. The smallest absolute Gasteiger partial charge is 0.427 e. The van der Waals surface area contributed by atoms with E-state index >= 15 is 0 Å². The van der Waals surface area contributed by atoms with Gasteiger partial charge in [0.15, 0.2) is 0 Å². The fourth-order valence-electron chi connectivity index (χ4n) is 7.38. The van der Waals surface area contributed by atoms with E-state index in [9.17, 15) is 40.8 Å². The normalized spacial score (nSPS) is 29.2. The average molecular weight is 823 g/mol. The molecule has 4 aliphatic rings. The summed E-state index contributed by atoms with van der Waals surface area (Å²) in [6, 6.07) is 2.17. The number of carbonyl (C=O) groups excluding carboxylic acids is 4. The number of nitrogens with one attached hydrogen (secondary N) is 3. The number of sulfonamides is 1. The van der Waals surface area contributed by atoms with Crippen LogP contribution in [0.2, 0.25) is 0 Å². The highest BCUT2D eigenvalue weighted by molar-refractivity contribution is 7.91. The highest BCUT2D eigenvalue weighted by Gasteiger charge is 2.63. The van der Waals surface area contributed by atoms with E-state index in [0.717, 1.165) is 0 Å². The lowest BCUT2D eigenvalue weighted by Gasteiger charge is -2.34. The summed E-state index contributed by atoms with van der Waals surface area (Å²) in [6.45, 7) is 6.33. The molecule has 1 aromatic carbocycles. The lowest BCUT2D eigenvalue weighted by molar-refractivity contribution is -0.244. The number of amides is 4. The van der Waals surface area contributed by atoms with Crippen molar-refractivity contribution in [2.45, 2.75) is 120 Å².